The Morgan fingerprint density at radius 1 is 0.900 bits per heavy atom. The minimum Gasteiger partial charge on any atom is -0.494 e. The summed E-state index contributed by atoms with van der Waals surface area (Å²) in [6.07, 6.45) is -1.31. The van der Waals surface area contributed by atoms with Gasteiger partial charge in [-0.15, -0.1) is 0 Å². The number of esters is 1. The maximum absolute atomic E-state index is 12.5. The second-order valence-corrected chi connectivity index (χ2v) is 6.13. The first-order valence-electron chi connectivity index (χ1n) is 9.72. The molecule has 0 aliphatic carbocycles. The molecular formula is C22H26N2O6. The van der Waals surface area contributed by atoms with E-state index >= 15 is 0 Å². The molecule has 8 nitrogen and oxygen atoms in total. The van der Waals surface area contributed by atoms with Crippen molar-refractivity contribution in [1.29, 1.82) is 0 Å². The second kappa shape index (κ2) is 12.1. The summed E-state index contributed by atoms with van der Waals surface area (Å²) in [7, 11) is 0. The molecule has 3 amide bonds. The van der Waals surface area contributed by atoms with Crippen LogP contribution >= 0.6 is 0 Å². The van der Waals surface area contributed by atoms with Crippen molar-refractivity contribution < 1.29 is 28.6 Å². The van der Waals surface area contributed by atoms with E-state index in [1.165, 1.54) is 0 Å². The Bertz CT molecular complexity index is 823. The molecule has 160 valence electrons. The number of urea groups is 1. The molecule has 2 rings (SSSR count). The Hall–Kier alpha value is -3.55. The van der Waals surface area contributed by atoms with Crippen LogP contribution in [0.15, 0.2) is 54.6 Å². The molecule has 0 saturated heterocycles. The van der Waals surface area contributed by atoms with Crippen LogP contribution in [0.3, 0.4) is 0 Å². The van der Waals surface area contributed by atoms with E-state index in [0.717, 1.165) is 5.75 Å². The minimum atomic E-state index is -1.24. The molecule has 1 atom stereocenters. The summed E-state index contributed by atoms with van der Waals surface area (Å²) < 4.78 is 16.2. The number of ether oxygens (including phenoxy) is 3. The van der Waals surface area contributed by atoms with E-state index in [9.17, 15) is 14.4 Å². The van der Waals surface area contributed by atoms with Gasteiger partial charge in [-0.05, 0) is 38.1 Å². The van der Waals surface area contributed by atoms with Crippen molar-refractivity contribution in [3.63, 3.8) is 0 Å². The van der Waals surface area contributed by atoms with Crippen LogP contribution in [0, 0.1) is 0 Å². The smallest absolute Gasteiger partial charge is 0.321 e. The molecule has 0 spiro atoms. The van der Waals surface area contributed by atoms with Gasteiger partial charge < -0.3 is 19.5 Å². The SMILES string of the molecule is CCNC(=O)NC(=O)C(OC(=O)CCOc1ccc(OCC)cc1)c1ccccc1. The fourth-order valence-corrected chi connectivity index (χ4v) is 2.52. The Labute approximate surface area is 175 Å². The quantitative estimate of drug-likeness (QED) is 0.580. The summed E-state index contributed by atoms with van der Waals surface area (Å²) >= 11 is 0. The van der Waals surface area contributed by atoms with Gasteiger partial charge in [-0.25, -0.2) is 4.79 Å². The number of nitrogens with one attached hydrogen (secondary N) is 2. The molecule has 2 aromatic rings. The fourth-order valence-electron chi connectivity index (χ4n) is 2.52. The Kier molecular flexibility index (Phi) is 9.18. The highest BCUT2D eigenvalue weighted by molar-refractivity contribution is 5.97. The van der Waals surface area contributed by atoms with E-state index in [2.05, 4.69) is 10.6 Å². The van der Waals surface area contributed by atoms with E-state index in [0.29, 0.717) is 24.5 Å². The molecule has 0 fully saturated rings. The lowest BCUT2D eigenvalue weighted by atomic mass is 10.1. The monoisotopic (exact) mass is 414 g/mol. The van der Waals surface area contributed by atoms with E-state index < -0.39 is 24.0 Å². The Morgan fingerprint density at radius 3 is 2.13 bits per heavy atom. The van der Waals surface area contributed by atoms with E-state index in [1.807, 2.05) is 6.92 Å². The van der Waals surface area contributed by atoms with Gasteiger partial charge in [-0.1, -0.05) is 30.3 Å². The number of hydrogen-bond acceptors (Lipinski definition) is 6. The highest BCUT2D eigenvalue weighted by atomic mass is 16.6. The molecule has 0 aliphatic heterocycles. The van der Waals surface area contributed by atoms with Crippen LogP contribution in [0.25, 0.3) is 0 Å². The molecule has 8 heteroatoms. The number of amides is 3. The number of imide groups is 1. The molecule has 1 unspecified atom stereocenters. The van der Waals surface area contributed by atoms with E-state index in [4.69, 9.17) is 14.2 Å². The molecular weight excluding hydrogens is 388 g/mol. The molecule has 2 N–H and O–H groups in total. The normalized spacial score (nSPS) is 11.1. The molecule has 0 saturated carbocycles. The first kappa shape index (κ1) is 22.7. The largest absolute Gasteiger partial charge is 0.494 e. The van der Waals surface area contributed by atoms with Gasteiger partial charge in [0.05, 0.1) is 19.6 Å². The number of carbonyl (C=O) groups excluding carboxylic acids is 3. The van der Waals surface area contributed by atoms with Crippen molar-refractivity contribution in [2.75, 3.05) is 19.8 Å². The van der Waals surface area contributed by atoms with Crippen LogP contribution in [0.5, 0.6) is 11.5 Å². The van der Waals surface area contributed by atoms with Crippen molar-refractivity contribution in [1.82, 2.24) is 10.6 Å². The van der Waals surface area contributed by atoms with Gasteiger partial charge >= 0.3 is 12.0 Å². The molecule has 0 aromatic heterocycles. The highest BCUT2D eigenvalue weighted by Crippen LogP contribution is 2.20. The lowest BCUT2D eigenvalue weighted by Crippen LogP contribution is -2.42. The lowest BCUT2D eigenvalue weighted by molar-refractivity contribution is -0.156. The van der Waals surface area contributed by atoms with Crippen LogP contribution in [-0.2, 0) is 14.3 Å². The summed E-state index contributed by atoms with van der Waals surface area (Å²) in [6, 6.07) is 14.9. The van der Waals surface area contributed by atoms with E-state index in [-0.39, 0.29) is 13.0 Å². The maximum Gasteiger partial charge on any atom is 0.321 e. The maximum atomic E-state index is 12.5. The number of rotatable bonds is 10. The zero-order chi connectivity index (χ0) is 21.8. The van der Waals surface area contributed by atoms with Crippen molar-refractivity contribution in [3.05, 3.63) is 60.2 Å². The zero-order valence-electron chi connectivity index (χ0n) is 17.1. The molecule has 0 heterocycles. The third-order valence-electron chi connectivity index (χ3n) is 3.87. The third kappa shape index (κ3) is 7.46. The van der Waals surface area contributed by atoms with Gasteiger partial charge in [-0.3, -0.25) is 14.9 Å². The van der Waals surface area contributed by atoms with Crippen molar-refractivity contribution in [2.24, 2.45) is 0 Å². The number of carbonyl (C=O) groups is 3. The van der Waals surface area contributed by atoms with Gasteiger partial charge in [-0.2, -0.15) is 0 Å². The molecule has 30 heavy (non-hydrogen) atoms. The number of hydrogen-bond donors (Lipinski definition) is 2. The minimum absolute atomic E-state index is 0.0645. The van der Waals surface area contributed by atoms with Gasteiger partial charge in [0.1, 0.15) is 11.5 Å². The van der Waals surface area contributed by atoms with Crippen molar-refractivity contribution in [3.8, 4) is 11.5 Å². The third-order valence-corrected chi connectivity index (χ3v) is 3.87. The summed E-state index contributed by atoms with van der Waals surface area (Å²) in [4.78, 5) is 36.4. The Morgan fingerprint density at radius 2 is 1.53 bits per heavy atom. The summed E-state index contributed by atoms with van der Waals surface area (Å²) in [5, 5.41) is 4.63. The van der Waals surface area contributed by atoms with Gasteiger partial charge in [0.15, 0.2) is 0 Å². The molecule has 0 aliphatic rings. The van der Waals surface area contributed by atoms with Crippen LogP contribution < -0.4 is 20.1 Å². The molecule has 0 bridgehead atoms. The van der Waals surface area contributed by atoms with E-state index in [1.54, 1.807) is 61.5 Å². The van der Waals surface area contributed by atoms with Crippen molar-refractivity contribution >= 4 is 17.9 Å². The average Bonchev–Trinajstić information content (AvgIpc) is 2.74. The van der Waals surface area contributed by atoms with Crippen LogP contribution in [0.1, 0.15) is 31.9 Å². The first-order chi connectivity index (χ1) is 14.5. The Balaban J connectivity index is 1.91. The molecule has 2 aromatic carbocycles. The van der Waals surface area contributed by atoms with Crippen LogP contribution in [0.4, 0.5) is 4.79 Å². The summed E-state index contributed by atoms with van der Waals surface area (Å²) in [5.41, 5.74) is 0.458. The number of benzene rings is 2. The lowest BCUT2D eigenvalue weighted by Gasteiger charge is -2.18. The predicted octanol–water partition coefficient (Wildman–Crippen LogP) is 2.98. The average molecular weight is 414 g/mol. The molecule has 0 radical (unpaired) electrons. The standard InChI is InChI=1S/C22H26N2O6/c1-3-23-22(27)24-21(26)20(16-8-6-5-7-9-16)30-19(25)14-15-29-18-12-10-17(11-13-18)28-4-2/h5-13,20H,3-4,14-15H2,1-2H3,(H2,23,24,26,27). The topological polar surface area (TPSA) is 103 Å². The second-order valence-electron chi connectivity index (χ2n) is 6.13. The summed E-state index contributed by atoms with van der Waals surface area (Å²) in [5.74, 6) is -0.0401. The zero-order valence-corrected chi connectivity index (χ0v) is 17.1. The first-order valence-corrected chi connectivity index (χ1v) is 9.72. The summed E-state index contributed by atoms with van der Waals surface area (Å²) in [6.45, 7) is 4.63. The van der Waals surface area contributed by atoms with Gasteiger partial charge in [0, 0.05) is 12.1 Å². The fraction of sp³-hybridized carbons (Fsp3) is 0.318. The van der Waals surface area contributed by atoms with Crippen LogP contribution in [0.2, 0.25) is 0 Å². The van der Waals surface area contributed by atoms with Gasteiger partial charge in [0.25, 0.3) is 5.91 Å². The highest BCUT2D eigenvalue weighted by Gasteiger charge is 2.26. The van der Waals surface area contributed by atoms with Crippen LogP contribution in [-0.4, -0.2) is 37.7 Å². The van der Waals surface area contributed by atoms with Gasteiger partial charge in [0.2, 0.25) is 6.10 Å². The predicted molar refractivity (Wildman–Crippen MR) is 110 cm³/mol. The van der Waals surface area contributed by atoms with Crippen molar-refractivity contribution in [2.45, 2.75) is 26.4 Å².